The summed E-state index contributed by atoms with van der Waals surface area (Å²) in [7, 11) is 3.08. The zero-order chi connectivity index (χ0) is 27.2. The smallest absolute Gasteiger partial charge is 0.329 e. The fourth-order valence-electron chi connectivity index (χ4n) is 3.80. The van der Waals surface area contributed by atoms with Crippen molar-refractivity contribution in [3.63, 3.8) is 0 Å². The Morgan fingerprint density at radius 2 is 1.73 bits per heavy atom. The second kappa shape index (κ2) is 12.9. The number of ether oxygens (including phenoxy) is 5. The number of hydrogen-bond donors (Lipinski definition) is 0. The Labute approximate surface area is 227 Å². The highest BCUT2D eigenvalue weighted by Gasteiger charge is 2.41. The van der Waals surface area contributed by atoms with Crippen LogP contribution in [0.4, 0.5) is 0 Å². The monoisotopic (exact) mass is 553 g/mol. The van der Waals surface area contributed by atoms with E-state index in [0.29, 0.717) is 21.4 Å². The van der Waals surface area contributed by atoms with Gasteiger partial charge >= 0.3 is 5.97 Å². The van der Waals surface area contributed by atoms with Gasteiger partial charge in [0.1, 0.15) is 36.9 Å². The Bertz CT molecular complexity index is 1050. The Morgan fingerprint density at radius 3 is 2.32 bits per heavy atom. The van der Waals surface area contributed by atoms with E-state index in [0.717, 1.165) is 5.56 Å². The second-order valence-corrected chi connectivity index (χ2v) is 10.5. The average molecular weight is 554 g/mol. The van der Waals surface area contributed by atoms with Gasteiger partial charge in [-0.3, -0.25) is 4.79 Å². The highest BCUT2D eigenvalue weighted by molar-refractivity contribution is 6.35. The first-order valence-electron chi connectivity index (χ1n) is 11.9. The second-order valence-electron chi connectivity index (χ2n) is 9.70. The predicted molar refractivity (Wildman–Crippen MR) is 140 cm³/mol. The molecule has 0 aliphatic carbocycles. The van der Waals surface area contributed by atoms with E-state index >= 15 is 0 Å². The quantitative estimate of drug-likeness (QED) is 0.395. The Morgan fingerprint density at radius 1 is 1.08 bits per heavy atom. The summed E-state index contributed by atoms with van der Waals surface area (Å²) in [5, 5.41) is 1.06. The van der Waals surface area contributed by atoms with Crippen LogP contribution in [-0.2, 0) is 41.6 Å². The normalized spacial score (nSPS) is 18.4. The number of carbonyl (C=O) groups excluding carboxylic acids is 2. The summed E-state index contributed by atoms with van der Waals surface area (Å²) >= 11 is 12.4. The molecule has 1 fully saturated rings. The Kier molecular flexibility index (Phi) is 10.2. The predicted octanol–water partition coefficient (Wildman–Crippen LogP) is 4.67. The van der Waals surface area contributed by atoms with Crippen molar-refractivity contribution in [2.45, 2.75) is 57.6 Å². The maximum atomic E-state index is 13.3. The molecule has 3 rings (SSSR count). The van der Waals surface area contributed by atoms with Crippen LogP contribution in [0.15, 0.2) is 42.5 Å². The third-order valence-corrected chi connectivity index (χ3v) is 6.44. The van der Waals surface area contributed by atoms with E-state index in [1.54, 1.807) is 58.2 Å². The molecule has 10 heteroatoms. The van der Waals surface area contributed by atoms with Gasteiger partial charge in [-0.2, -0.15) is 0 Å². The standard InChI is InChI=1S/C27H33Cl2NO7/c1-27(2,3)37-26(32)22(30(4)25(31)24-23(15-33-5)35-16-36-24)13-17-9-11-18(12-10-17)34-14-19-20(28)7-6-8-21(19)29/h6-12,22-24H,13-16H2,1-5H3/t22-,23-,24+/m0/s1. The van der Waals surface area contributed by atoms with Gasteiger partial charge < -0.3 is 28.6 Å². The van der Waals surface area contributed by atoms with Crippen molar-refractivity contribution in [2.24, 2.45) is 0 Å². The van der Waals surface area contributed by atoms with Gasteiger partial charge in [-0.05, 0) is 50.6 Å². The lowest BCUT2D eigenvalue weighted by atomic mass is 10.0. The minimum Gasteiger partial charge on any atom is -0.489 e. The molecule has 1 saturated heterocycles. The van der Waals surface area contributed by atoms with Crippen molar-refractivity contribution in [1.82, 2.24) is 4.90 Å². The molecule has 202 valence electrons. The van der Waals surface area contributed by atoms with Gasteiger partial charge in [0.05, 0.1) is 6.61 Å². The van der Waals surface area contributed by atoms with Crippen LogP contribution in [0.25, 0.3) is 0 Å². The molecular formula is C27H33Cl2NO7. The van der Waals surface area contributed by atoms with Crippen LogP contribution in [0.5, 0.6) is 5.75 Å². The van der Waals surface area contributed by atoms with Crippen LogP contribution in [0, 0.1) is 0 Å². The molecule has 2 aromatic rings. The number of carbonyl (C=O) groups is 2. The lowest BCUT2D eigenvalue weighted by molar-refractivity contribution is -0.166. The maximum absolute atomic E-state index is 13.3. The Balaban J connectivity index is 1.73. The number of hydrogen-bond acceptors (Lipinski definition) is 7. The molecule has 3 atom stereocenters. The SMILES string of the molecule is COC[C@@H]1OCO[C@H]1C(=O)N(C)[C@@H](Cc1ccc(OCc2c(Cl)cccc2Cl)cc1)C(=O)OC(C)(C)C. The first-order valence-corrected chi connectivity index (χ1v) is 12.6. The van der Waals surface area contributed by atoms with Gasteiger partial charge in [0.2, 0.25) is 0 Å². The van der Waals surface area contributed by atoms with Crippen molar-refractivity contribution < 1.29 is 33.3 Å². The number of halogens is 2. The molecule has 0 radical (unpaired) electrons. The van der Waals surface area contributed by atoms with Gasteiger partial charge in [-0.1, -0.05) is 41.4 Å². The van der Waals surface area contributed by atoms with Gasteiger partial charge in [-0.25, -0.2) is 4.79 Å². The minimum atomic E-state index is -0.882. The molecule has 1 aliphatic rings. The molecule has 1 aliphatic heterocycles. The van der Waals surface area contributed by atoms with Gasteiger partial charge in [0.15, 0.2) is 6.10 Å². The fraction of sp³-hybridized carbons (Fsp3) is 0.481. The summed E-state index contributed by atoms with van der Waals surface area (Å²) in [6, 6.07) is 11.6. The number of likely N-dealkylation sites (N-methyl/N-ethyl adjacent to an activating group) is 1. The van der Waals surface area contributed by atoms with E-state index < -0.39 is 29.8 Å². The first kappa shape index (κ1) is 29.2. The first-order chi connectivity index (χ1) is 17.5. The molecular weight excluding hydrogens is 521 g/mol. The van der Waals surface area contributed by atoms with Crippen LogP contribution in [-0.4, -0.2) is 68.2 Å². The van der Waals surface area contributed by atoms with Crippen molar-refractivity contribution in [2.75, 3.05) is 27.6 Å². The van der Waals surface area contributed by atoms with E-state index in [-0.39, 0.29) is 32.3 Å². The minimum absolute atomic E-state index is 0.0176. The third kappa shape index (κ3) is 8.06. The van der Waals surface area contributed by atoms with Gasteiger partial charge in [0, 0.05) is 36.2 Å². The summed E-state index contributed by atoms with van der Waals surface area (Å²) in [4.78, 5) is 27.8. The number of methoxy groups -OCH3 is 1. The van der Waals surface area contributed by atoms with Crippen LogP contribution in [0.2, 0.25) is 10.0 Å². The molecule has 0 aromatic heterocycles. The highest BCUT2D eigenvalue weighted by Crippen LogP contribution is 2.26. The van der Waals surface area contributed by atoms with Crippen molar-refractivity contribution in [1.29, 1.82) is 0 Å². The molecule has 0 bridgehead atoms. The molecule has 1 heterocycles. The van der Waals surface area contributed by atoms with E-state index in [1.807, 2.05) is 12.1 Å². The number of esters is 1. The zero-order valence-corrected chi connectivity index (χ0v) is 23.2. The summed E-state index contributed by atoms with van der Waals surface area (Å²) in [6.45, 7) is 5.73. The van der Waals surface area contributed by atoms with Crippen LogP contribution in [0.1, 0.15) is 31.9 Å². The topological polar surface area (TPSA) is 83.5 Å². The maximum Gasteiger partial charge on any atom is 0.329 e. The van der Waals surface area contributed by atoms with Crippen LogP contribution < -0.4 is 4.74 Å². The number of benzene rings is 2. The van der Waals surface area contributed by atoms with Crippen molar-refractivity contribution in [3.8, 4) is 5.75 Å². The summed E-state index contributed by atoms with van der Waals surface area (Å²) in [5.41, 5.74) is 0.795. The molecule has 2 aromatic carbocycles. The molecule has 0 N–H and O–H groups in total. The van der Waals surface area contributed by atoms with Crippen molar-refractivity contribution >= 4 is 35.1 Å². The van der Waals surface area contributed by atoms with Crippen LogP contribution in [0.3, 0.4) is 0 Å². The fourth-order valence-corrected chi connectivity index (χ4v) is 4.30. The van der Waals surface area contributed by atoms with Gasteiger partial charge in [0.25, 0.3) is 5.91 Å². The zero-order valence-electron chi connectivity index (χ0n) is 21.7. The number of nitrogens with zero attached hydrogens (tertiary/aromatic N) is 1. The average Bonchev–Trinajstić information content (AvgIpc) is 3.29. The third-order valence-electron chi connectivity index (χ3n) is 5.73. The summed E-state index contributed by atoms with van der Waals surface area (Å²) in [5.74, 6) is -0.289. The van der Waals surface area contributed by atoms with E-state index in [2.05, 4.69) is 0 Å². The van der Waals surface area contributed by atoms with E-state index in [4.69, 9.17) is 46.9 Å². The summed E-state index contributed by atoms with van der Waals surface area (Å²) in [6.07, 6.45) is -1.19. The van der Waals surface area contributed by atoms with E-state index in [1.165, 1.54) is 12.0 Å². The molecule has 0 saturated carbocycles. The summed E-state index contributed by atoms with van der Waals surface area (Å²) < 4.78 is 27.6. The molecule has 0 unspecified atom stereocenters. The molecule has 1 amide bonds. The number of rotatable bonds is 10. The lowest BCUT2D eigenvalue weighted by Crippen LogP contribution is -2.52. The highest BCUT2D eigenvalue weighted by atomic mass is 35.5. The molecule has 8 nitrogen and oxygen atoms in total. The number of amides is 1. The molecule has 0 spiro atoms. The lowest BCUT2D eigenvalue weighted by Gasteiger charge is -2.32. The van der Waals surface area contributed by atoms with Crippen molar-refractivity contribution in [3.05, 3.63) is 63.6 Å². The molecule has 37 heavy (non-hydrogen) atoms. The van der Waals surface area contributed by atoms with E-state index in [9.17, 15) is 9.59 Å². The van der Waals surface area contributed by atoms with Crippen LogP contribution >= 0.6 is 23.2 Å². The Hall–Kier alpha value is -2.36. The largest absolute Gasteiger partial charge is 0.489 e. The van der Waals surface area contributed by atoms with Gasteiger partial charge in [-0.15, -0.1) is 0 Å².